The van der Waals surface area contributed by atoms with Crippen LogP contribution in [0.4, 0.5) is 11.5 Å². The Bertz CT molecular complexity index is 1090. The highest BCUT2D eigenvalue weighted by Gasteiger charge is 2.41. The standard InChI is InChI=1S/C22H21N3O6S/c1-12-10-18(24-31-12)25-19(26)11-17(21(25)28)32-14-8-6-13(7-9-14)23-20(27)15-4-2-3-5-16(15)22(29)30/h2-3,6-10,15-17H,4-5,11H2,1H3,(H,23,27)(H,29,30)/t15-,16-,17+/m0/s1. The lowest BCUT2D eigenvalue weighted by molar-refractivity contribution is -0.146. The van der Waals surface area contributed by atoms with Crippen molar-refractivity contribution >= 4 is 47.0 Å². The summed E-state index contributed by atoms with van der Waals surface area (Å²) in [6.45, 7) is 1.68. The van der Waals surface area contributed by atoms with Crippen LogP contribution in [-0.4, -0.2) is 39.2 Å². The zero-order valence-corrected chi connectivity index (χ0v) is 18.0. The zero-order chi connectivity index (χ0) is 22.8. The average Bonchev–Trinajstić information content (AvgIpc) is 3.31. The number of nitrogens with one attached hydrogen (secondary N) is 1. The average molecular weight is 455 g/mol. The first-order valence-corrected chi connectivity index (χ1v) is 11.0. The molecule has 1 aliphatic carbocycles. The van der Waals surface area contributed by atoms with Gasteiger partial charge in [0.05, 0.1) is 17.1 Å². The number of thioether (sulfide) groups is 1. The maximum atomic E-state index is 12.7. The molecule has 2 aromatic rings. The summed E-state index contributed by atoms with van der Waals surface area (Å²) in [5, 5.41) is 15.3. The van der Waals surface area contributed by atoms with Crippen molar-refractivity contribution in [1.29, 1.82) is 0 Å². The largest absolute Gasteiger partial charge is 0.481 e. The van der Waals surface area contributed by atoms with Gasteiger partial charge in [-0.25, -0.2) is 4.90 Å². The number of allylic oxidation sites excluding steroid dienone is 2. The molecule has 3 atom stereocenters. The predicted octanol–water partition coefficient (Wildman–Crippen LogP) is 3.01. The third-order valence-corrected chi connectivity index (χ3v) is 6.63. The molecule has 1 aromatic heterocycles. The number of carboxylic acid groups (broad SMARTS) is 1. The maximum Gasteiger partial charge on any atom is 0.307 e. The van der Waals surface area contributed by atoms with Gasteiger partial charge in [0, 0.05) is 23.1 Å². The van der Waals surface area contributed by atoms with Crippen LogP contribution in [-0.2, 0) is 19.2 Å². The smallest absolute Gasteiger partial charge is 0.307 e. The van der Waals surface area contributed by atoms with Crippen molar-refractivity contribution in [2.24, 2.45) is 11.8 Å². The van der Waals surface area contributed by atoms with Crippen molar-refractivity contribution in [2.45, 2.75) is 36.3 Å². The lowest BCUT2D eigenvalue weighted by Crippen LogP contribution is -2.34. The molecule has 2 aliphatic rings. The highest BCUT2D eigenvalue weighted by molar-refractivity contribution is 8.00. The molecule has 1 saturated heterocycles. The van der Waals surface area contributed by atoms with E-state index in [1.165, 1.54) is 17.8 Å². The first-order chi connectivity index (χ1) is 15.3. The van der Waals surface area contributed by atoms with E-state index < -0.39 is 23.1 Å². The van der Waals surface area contributed by atoms with Crippen molar-refractivity contribution in [3.8, 4) is 0 Å². The molecule has 0 radical (unpaired) electrons. The van der Waals surface area contributed by atoms with Crippen molar-refractivity contribution in [1.82, 2.24) is 5.16 Å². The summed E-state index contributed by atoms with van der Waals surface area (Å²) in [6.07, 6.45) is 4.39. The van der Waals surface area contributed by atoms with E-state index >= 15 is 0 Å². The van der Waals surface area contributed by atoms with Gasteiger partial charge in [-0.3, -0.25) is 19.2 Å². The normalized spacial score (nSPS) is 22.9. The summed E-state index contributed by atoms with van der Waals surface area (Å²) in [7, 11) is 0. The SMILES string of the molecule is Cc1cc(N2C(=O)C[C@@H](Sc3ccc(NC(=O)[C@H]4CC=CC[C@@H]4C(=O)O)cc3)C2=O)no1. The molecule has 0 unspecified atom stereocenters. The van der Waals surface area contributed by atoms with Crippen LogP contribution in [0.15, 0.2) is 51.9 Å². The first-order valence-electron chi connectivity index (χ1n) is 10.1. The number of hydrogen-bond donors (Lipinski definition) is 2. The van der Waals surface area contributed by atoms with E-state index in [0.29, 0.717) is 24.3 Å². The second-order valence-electron chi connectivity index (χ2n) is 7.68. The van der Waals surface area contributed by atoms with Crippen LogP contribution < -0.4 is 10.2 Å². The van der Waals surface area contributed by atoms with Gasteiger partial charge in [-0.2, -0.15) is 0 Å². The molecule has 2 N–H and O–H groups in total. The summed E-state index contributed by atoms with van der Waals surface area (Å²) in [6, 6.07) is 8.41. The molecule has 166 valence electrons. The molecular weight excluding hydrogens is 434 g/mol. The monoisotopic (exact) mass is 455 g/mol. The summed E-state index contributed by atoms with van der Waals surface area (Å²) < 4.78 is 4.96. The van der Waals surface area contributed by atoms with E-state index in [-0.39, 0.29) is 30.0 Å². The summed E-state index contributed by atoms with van der Waals surface area (Å²) in [5.74, 6) is -2.67. The molecule has 3 amide bonds. The molecule has 1 aromatic carbocycles. The van der Waals surface area contributed by atoms with Crippen LogP contribution in [0.3, 0.4) is 0 Å². The molecule has 0 bridgehead atoms. The number of anilines is 2. The lowest BCUT2D eigenvalue weighted by Gasteiger charge is -2.24. The summed E-state index contributed by atoms with van der Waals surface area (Å²) in [5.41, 5.74) is 0.534. The van der Waals surface area contributed by atoms with Gasteiger partial charge in [-0.05, 0) is 44.0 Å². The third-order valence-electron chi connectivity index (χ3n) is 5.44. The van der Waals surface area contributed by atoms with E-state index in [4.69, 9.17) is 4.52 Å². The predicted molar refractivity (Wildman–Crippen MR) is 116 cm³/mol. The van der Waals surface area contributed by atoms with Gasteiger partial charge in [-0.15, -0.1) is 11.8 Å². The Morgan fingerprint density at radius 2 is 1.84 bits per heavy atom. The minimum absolute atomic E-state index is 0.0552. The summed E-state index contributed by atoms with van der Waals surface area (Å²) in [4.78, 5) is 50.8. The topological polar surface area (TPSA) is 130 Å². The highest BCUT2D eigenvalue weighted by Crippen LogP contribution is 2.34. The van der Waals surface area contributed by atoms with E-state index in [9.17, 15) is 24.3 Å². The van der Waals surface area contributed by atoms with Gasteiger partial charge >= 0.3 is 5.97 Å². The molecule has 4 rings (SSSR count). The van der Waals surface area contributed by atoms with E-state index in [1.54, 1.807) is 37.3 Å². The molecular formula is C22H21N3O6S. The Morgan fingerprint density at radius 1 is 1.16 bits per heavy atom. The Kier molecular flexibility index (Phi) is 6.13. The second kappa shape index (κ2) is 8.99. The number of aliphatic carboxylic acids is 1. The van der Waals surface area contributed by atoms with Gasteiger partial charge in [0.2, 0.25) is 17.7 Å². The Labute approximate surface area is 187 Å². The number of benzene rings is 1. The number of amides is 3. The number of carbonyl (C=O) groups is 4. The third kappa shape index (κ3) is 4.45. The Hall–Kier alpha value is -3.40. The zero-order valence-electron chi connectivity index (χ0n) is 17.2. The molecule has 10 heteroatoms. The number of nitrogens with zero attached hydrogens (tertiary/aromatic N) is 2. The fraction of sp³-hybridized carbons (Fsp3) is 0.318. The Balaban J connectivity index is 1.38. The number of hydrogen-bond acceptors (Lipinski definition) is 7. The van der Waals surface area contributed by atoms with Gasteiger partial charge in [-0.1, -0.05) is 17.3 Å². The van der Waals surface area contributed by atoms with Crippen molar-refractivity contribution in [2.75, 3.05) is 10.2 Å². The molecule has 32 heavy (non-hydrogen) atoms. The number of carbonyl (C=O) groups excluding carboxylic acids is 3. The van der Waals surface area contributed by atoms with Crippen LogP contribution in [0, 0.1) is 18.8 Å². The van der Waals surface area contributed by atoms with Crippen molar-refractivity contribution < 1.29 is 28.8 Å². The minimum Gasteiger partial charge on any atom is -0.481 e. The van der Waals surface area contributed by atoms with Crippen molar-refractivity contribution in [3.63, 3.8) is 0 Å². The number of imide groups is 1. The van der Waals surface area contributed by atoms with Gasteiger partial charge in [0.1, 0.15) is 5.76 Å². The van der Waals surface area contributed by atoms with Crippen LogP contribution in [0.1, 0.15) is 25.0 Å². The molecule has 9 nitrogen and oxygen atoms in total. The van der Waals surface area contributed by atoms with E-state index in [1.807, 2.05) is 6.08 Å². The van der Waals surface area contributed by atoms with Gasteiger partial charge in [0.25, 0.3) is 0 Å². The van der Waals surface area contributed by atoms with Crippen LogP contribution >= 0.6 is 11.8 Å². The Morgan fingerprint density at radius 3 is 2.47 bits per heavy atom. The molecule has 0 spiro atoms. The number of aryl methyl sites for hydroxylation is 1. The number of aromatic nitrogens is 1. The fourth-order valence-corrected chi connectivity index (χ4v) is 4.84. The first kappa shape index (κ1) is 21.8. The number of carboxylic acids is 1. The maximum absolute atomic E-state index is 12.7. The number of rotatable bonds is 6. The quantitative estimate of drug-likeness (QED) is 0.502. The second-order valence-corrected chi connectivity index (χ2v) is 8.96. The molecule has 0 saturated carbocycles. The van der Waals surface area contributed by atoms with Gasteiger partial charge < -0.3 is 14.9 Å². The molecule has 1 aliphatic heterocycles. The van der Waals surface area contributed by atoms with E-state index in [0.717, 1.165) is 9.80 Å². The molecule has 2 heterocycles. The van der Waals surface area contributed by atoms with Crippen LogP contribution in [0.2, 0.25) is 0 Å². The van der Waals surface area contributed by atoms with Gasteiger partial charge in [0.15, 0.2) is 5.82 Å². The van der Waals surface area contributed by atoms with Crippen LogP contribution in [0.25, 0.3) is 0 Å². The lowest BCUT2D eigenvalue weighted by atomic mass is 9.82. The fourth-order valence-electron chi connectivity index (χ4n) is 3.79. The minimum atomic E-state index is -0.980. The molecule has 1 fully saturated rings. The summed E-state index contributed by atoms with van der Waals surface area (Å²) >= 11 is 1.26. The highest BCUT2D eigenvalue weighted by atomic mass is 32.2. The van der Waals surface area contributed by atoms with Crippen LogP contribution in [0.5, 0.6) is 0 Å². The van der Waals surface area contributed by atoms with Crippen molar-refractivity contribution in [3.05, 3.63) is 48.2 Å². The van der Waals surface area contributed by atoms with E-state index in [2.05, 4.69) is 10.5 Å².